The van der Waals surface area contributed by atoms with E-state index in [0.29, 0.717) is 11.7 Å². The van der Waals surface area contributed by atoms with Crippen LogP contribution in [0.5, 0.6) is 0 Å². The fourth-order valence-electron chi connectivity index (χ4n) is 2.88. The summed E-state index contributed by atoms with van der Waals surface area (Å²) in [5, 5.41) is 0. The van der Waals surface area contributed by atoms with Crippen LogP contribution in [-0.2, 0) is 4.79 Å². The van der Waals surface area contributed by atoms with Gasteiger partial charge in [0, 0.05) is 5.92 Å². The highest BCUT2D eigenvalue weighted by Gasteiger charge is 2.37. The van der Waals surface area contributed by atoms with E-state index in [4.69, 9.17) is 0 Å². The second-order valence-corrected chi connectivity index (χ2v) is 4.23. The molecule has 62 valence electrons. The number of rotatable bonds is 1. The minimum absolute atomic E-state index is 0.444. The van der Waals surface area contributed by atoms with Crippen molar-refractivity contribution in [3.8, 4) is 0 Å². The molecule has 0 aromatic rings. The van der Waals surface area contributed by atoms with Crippen molar-refractivity contribution in [3.63, 3.8) is 0 Å². The lowest BCUT2D eigenvalue weighted by Crippen LogP contribution is -2.34. The third-order valence-corrected chi connectivity index (χ3v) is 3.57. The smallest absolute Gasteiger partial charge is 0.133 e. The van der Waals surface area contributed by atoms with Gasteiger partial charge in [0.2, 0.25) is 0 Å². The van der Waals surface area contributed by atoms with E-state index in [-0.39, 0.29) is 0 Å². The molecular weight excluding hydrogens is 136 g/mol. The standard InChI is InChI=1S/C10H16O/c1-7(11)10-6-8-2-4-9(10)5-3-8/h8-10H,2-6H2,1H3/t8?,9?,10-/m1/s1. The van der Waals surface area contributed by atoms with E-state index in [9.17, 15) is 4.79 Å². The molecule has 0 N–H and O–H groups in total. The molecule has 0 saturated heterocycles. The highest BCUT2D eigenvalue weighted by Crippen LogP contribution is 2.45. The second kappa shape index (κ2) is 2.62. The van der Waals surface area contributed by atoms with E-state index in [1.54, 1.807) is 6.92 Å². The molecule has 0 radical (unpaired) electrons. The lowest BCUT2D eigenvalue weighted by molar-refractivity contribution is -0.125. The van der Waals surface area contributed by atoms with Gasteiger partial charge < -0.3 is 0 Å². The van der Waals surface area contributed by atoms with Crippen molar-refractivity contribution >= 4 is 5.78 Å². The summed E-state index contributed by atoms with van der Waals surface area (Å²) in [6.45, 7) is 1.77. The van der Waals surface area contributed by atoms with Crippen molar-refractivity contribution in [2.45, 2.75) is 39.0 Å². The Morgan fingerprint density at radius 2 is 1.82 bits per heavy atom. The van der Waals surface area contributed by atoms with Crippen LogP contribution < -0.4 is 0 Å². The average molecular weight is 152 g/mol. The average Bonchev–Trinajstić information content (AvgIpc) is 2.06. The molecule has 0 unspecified atom stereocenters. The SMILES string of the molecule is CC(=O)[C@H]1CC2CCC1CC2. The summed E-state index contributed by atoms with van der Waals surface area (Å²) < 4.78 is 0. The lowest BCUT2D eigenvalue weighted by Gasteiger charge is -2.41. The molecule has 11 heavy (non-hydrogen) atoms. The zero-order valence-corrected chi connectivity index (χ0v) is 7.18. The first-order chi connectivity index (χ1) is 5.27. The highest BCUT2D eigenvalue weighted by molar-refractivity contribution is 5.78. The fraction of sp³-hybridized carbons (Fsp3) is 0.900. The molecule has 3 aliphatic rings. The summed E-state index contributed by atoms with van der Waals surface area (Å²) in [4.78, 5) is 11.2. The van der Waals surface area contributed by atoms with E-state index < -0.39 is 0 Å². The Kier molecular flexibility index (Phi) is 1.74. The van der Waals surface area contributed by atoms with Crippen LogP contribution in [0.1, 0.15) is 39.0 Å². The fourth-order valence-corrected chi connectivity index (χ4v) is 2.88. The summed E-state index contributed by atoms with van der Waals surface area (Å²) in [6, 6.07) is 0. The molecule has 3 aliphatic carbocycles. The lowest BCUT2D eigenvalue weighted by atomic mass is 9.64. The number of carbonyl (C=O) groups excluding carboxylic acids is 1. The summed E-state index contributed by atoms with van der Waals surface area (Å²) in [7, 11) is 0. The first-order valence-corrected chi connectivity index (χ1v) is 4.78. The molecule has 0 spiro atoms. The predicted octanol–water partition coefficient (Wildman–Crippen LogP) is 2.40. The number of ketones is 1. The Bertz CT molecular complexity index is 166. The van der Waals surface area contributed by atoms with Gasteiger partial charge in [0.15, 0.2) is 0 Å². The van der Waals surface area contributed by atoms with Crippen molar-refractivity contribution in [2.24, 2.45) is 17.8 Å². The van der Waals surface area contributed by atoms with Crippen LogP contribution >= 0.6 is 0 Å². The normalized spacial score (nSPS) is 42.5. The monoisotopic (exact) mass is 152 g/mol. The van der Waals surface area contributed by atoms with Crippen molar-refractivity contribution in [2.75, 3.05) is 0 Å². The third-order valence-electron chi connectivity index (χ3n) is 3.57. The molecule has 3 saturated carbocycles. The summed E-state index contributed by atoms with van der Waals surface area (Å²) >= 11 is 0. The third kappa shape index (κ3) is 1.21. The first-order valence-electron chi connectivity index (χ1n) is 4.78. The van der Waals surface area contributed by atoms with E-state index >= 15 is 0 Å². The van der Waals surface area contributed by atoms with Crippen LogP contribution in [0.3, 0.4) is 0 Å². The number of hydrogen-bond acceptors (Lipinski definition) is 1. The van der Waals surface area contributed by atoms with Crippen LogP contribution in [0, 0.1) is 17.8 Å². The van der Waals surface area contributed by atoms with Crippen molar-refractivity contribution in [1.29, 1.82) is 0 Å². The predicted molar refractivity (Wildman–Crippen MR) is 44.2 cm³/mol. The van der Waals surface area contributed by atoms with E-state index in [1.807, 2.05) is 0 Å². The zero-order chi connectivity index (χ0) is 7.84. The number of hydrogen-bond donors (Lipinski definition) is 0. The topological polar surface area (TPSA) is 17.1 Å². The summed E-state index contributed by atoms with van der Waals surface area (Å²) in [5.74, 6) is 2.55. The Hall–Kier alpha value is -0.330. The molecule has 0 aliphatic heterocycles. The molecule has 0 aromatic heterocycles. The first kappa shape index (κ1) is 7.33. The number of fused-ring (bicyclic) bond motifs is 3. The van der Waals surface area contributed by atoms with Gasteiger partial charge in [0.1, 0.15) is 5.78 Å². The van der Waals surface area contributed by atoms with Gasteiger partial charge >= 0.3 is 0 Å². The molecule has 1 atom stereocenters. The molecule has 3 rings (SSSR count). The Labute approximate surface area is 68.2 Å². The van der Waals surface area contributed by atoms with Gasteiger partial charge in [0.25, 0.3) is 0 Å². The molecule has 2 bridgehead atoms. The van der Waals surface area contributed by atoms with Crippen LogP contribution in [0.15, 0.2) is 0 Å². The quantitative estimate of drug-likeness (QED) is 0.564. The van der Waals surface area contributed by atoms with Gasteiger partial charge in [-0.15, -0.1) is 0 Å². The zero-order valence-electron chi connectivity index (χ0n) is 7.18. The Morgan fingerprint density at radius 3 is 2.09 bits per heavy atom. The number of Topliss-reactive ketones (excluding diaryl/α,β-unsaturated/α-hetero) is 1. The van der Waals surface area contributed by atoms with E-state index in [2.05, 4.69) is 0 Å². The number of carbonyl (C=O) groups is 1. The molecular formula is C10H16O. The van der Waals surface area contributed by atoms with Crippen LogP contribution in [0.4, 0.5) is 0 Å². The van der Waals surface area contributed by atoms with Gasteiger partial charge in [-0.2, -0.15) is 0 Å². The van der Waals surface area contributed by atoms with Gasteiger partial charge in [-0.05, 0) is 38.0 Å². The van der Waals surface area contributed by atoms with Crippen molar-refractivity contribution in [3.05, 3.63) is 0 Å². The molecule has 3 fully saturated rings. The van der Waals surface area contributed by atoms with Crippen LogP contribution in [-0.4, -0.2) is 5.78 Å². The maximum absolute atomic E-state index is 11.2. The highest BCUT2D eigenvalue weighted by atomic mass is 16.1. The van der Waals surface area contributed by atoms with Crippen LogP contribution in [0.2, 0.25) is 0 Å². The molecule has 0 heterocycles. The minimum atomic E-state index is 0.444. The maximum atomic E-state index is 11.2. The maximum Gasteiger partial charge on any atom is 0.133 e. The summed E-state index contributed by atoms with van der Waals surface area (Å²) in [6.07, 6.45) is 6.66. The summed E-state index contributed by atoms with van der Waals surface area (Å²) in [5.41, 5.74) is 0. The minimum Gasteiger partial charge on any atom is -0.300 e. The van der Waals surface area contributed by atoms with Crippen molar-refractivity contribution < 1.29 is 4.79 Å². The second-order valence-electron chi connectivity index (χ2n) is 4.23. The van der Waals surface area contributed by atoms with Crippen molar-refractivity contribution in [1.82, 2.24) is 0 Å². The van der Waals surface area contributed by atoms with Gasteiger partial charge in [-0.1, -0.05) is 12.8 Å². The van der Waals surface area contributed by atoms with E-state index in [1.165, 1.54) is 32.1 Å². The molecule has 1 heteroatoms. The van der Waals surface area contributed by atoms with E-state index in [0.717, 1.165) is 11.8 Å². The van der Waals surface area contributed by atoms with Gasteiger partial charge in [-0.3, -0.25) is 4.79 Å². The molecule has 1 nitrogen and oxygen atoms in total. The van der Waals surface area contributed by atoms with Gasteiger partial charge in [-0.25, -0.2) is 0 Å². The van der Waals surface area contributed by atoms with Crippen LogP contribution in [0.25, 0.3) is 0 Å². The van der Waals surface area contributed by atoms with Gasteiger partial charge in [0.05, 0.1) is 0 Å². The molecule has 0 amide bonds. The largest absolute Gasteiger partial charge is 0.300 e. The molecule has 0 aromatic carbocycles. The Morgan fingerprint density at radius 1 is 1.18 bits per heavy atom. The Balaban J connectivity index is 2.08.